The third-order valence-electron chi connectivity index (χ3n) is 2.27. The van der Waals surface area contributed by atoms with Gasteiger partial charge in [0.1, 0.15) is 0 Å². The molecule has 17 heavy (non-hydrogen) atoms. The van der Waals surface area contributed by atoms with Crippen molar-refractivity contribution in [1.82, 2.24) is 0 Å². The maximum atomic E-state index is 11.6. The Labute approximate surface area is 105 Å². The molecule has 94 valence electrons. The molecule has 0 saturated carbocycles. The van der Waals surface area contributed by atoms with Gasteiger partial charge in [0.05, 0.1) is 4.90 Å². The topological polar surface area (TPSA) is 71.4 Å². The molecule has 0 aromatic heterocycles. The molecule has 0 atom stereocenters. The molecular weight excluding hydrogens is 260 g/mol. The number of benzene rings is 1. The average Bonchev–Trinajstić information content (AvgIpc) is 2.24. The molecular formula is C11H14O4S2. The molecule has 0 fully saturated rings. The molecule has 4 nitrogen and oxygen atoms in total. The van der Waals surface area contributed by atoms with Crippen LogP contribution < -0.4 is 0 Å². The summed E-state index contributed by atoms with van der Waals surface area (Å²) in [4.78, 5) is 11.4. The number of hydrogen-bond acceptors (Lipinski definition) is 4. The highest BCUT2D eigenvalue weighted by Crippen LogP contribution is 2.29. The molecule has 1 N–H and O–H groups in total. The Kier molecular flexibility index (Phi) is 4.59. The molecule has 1 aromatic carbocycles. The zero-order chi connectivity index (χ0) is 13.1. The molecule has 0 aliphatic heterocycles. The van der Waals surface area contributed by atoms with E-state index in [2.05, 4.69) is 0 Å². The van der Waals surface area contributed by atoms with E-state index in [1.165, 1.54) is 11.8 Å². The number of thioether (sulfide) groups is 1. The van der Waals surface area contributed by atoms with E-state index in [-0.39, 0.29) is 11.3 Å². The zero-order valence-corrected chi connectivity index (χ0v) is 11.3. The Hall–Kier alpha value is -1.01. The summed E-state index contributed by atoms with van der Waals surface area (Å²) in [5, 5.41) is 8.64. The number of sulfone groups is 1. The minimum atomic E-state index is -3.27. The van der Waals surface area contributed by atoms with Crippen LogP contribution in [0.1, 0.15) is 12.0 Å². The predicted octanol–water partition coefficient (Wildman–Crippen LogP) is 1.83. The van der Waals surface area contributed by atoms with Crippen LogP contribution in [0.2, 0.25) is 0 Å². The molecule has 1 aromatic rings. The Balaban J connectivity index is 3.19. The quantitative estimate of drug-likeness (QED) is 0.829. The van der Waals surface area contributed by atoms with E-state index < -0.39 is 15.8 Å². The van der Waals surface area contributed by atoms with E-state index in [0.717, 1.165) is 11.8 Å². The third kappa shape index (κ3) is 3.74. The van der Waals surface area contributed by atoms with Crippen molar-refractivity contribution in [3.05, 3.63) is 23.8 Å². The fourth-order valence-corrected chi connectivity index (χ4v) is 3.72. The summed E-state index contributed by atoms with van der Waals surface area (Å²) in [7, 11) is -3.27. The number of aryl methyl sites for hydroxylation is 1. The first-order valence-electron chi connectivity index (χ1n) is 4.94. The fourth-order valence-electron chi connectivity index (χ4n) is 1.52. The van der Waals surface area contributed by atoms with Crippen LogP contribution in [0.25, 0.3) is 0 Å². The van der Waals surface area contributed by atoms with Gasteiger partial charge in [0.2, 0.25) is 0 Å². The van der Waals surface area contributed by atoms with Gasteiger partial charge < -0.3 is 5.11 Å². The molecule has 0 bridgehead atoms. The van der Waals surface area contributed by atoms with Crippen LogP contribution in [-0.4, -0.2) is 32.0 Å². The van der Waals surface area contributed by atoms with Crippen molar-refractivity contribution in [3.8, 4) is 0 Å². The van der Waals surface area contributed by atoms with Crippen LogP contribution in [0.3, 0.4) is 0 Å². The number of carboxylic acid groups (broad SMARTS) is 1. The van der Waals surface area contributed by atoms with Crippen LogP contribution in [0.15, 0.2) is 28.0 Å². The molecule has 0 amide bonds. The highest BCUT2D eigenvalue weighted by Gasteiger charge is 2.16. The minimum Gasteiger partial charge on any atom is -0.481 e. The Bertz CT molecular complexity index is 520. The molecule has 0 aliphatic rings. The second-order valence-electron chi connectivity index (χ2n) is 3.61. The number of carbonyl (C=O) groups is 1. The van der Waals surface area contributed by atoms with Crippen molar-refractivity contribution in [1.29, 1.82) is 0 Å². The normalized spacial score (nSPS) is 11.4. The molecule has 0 radical (unpaired) electrons. The Morgan fingerprint density at radius 3 is 2.53 bits per heavy atom. The van der Waals surface area contributed by atoms with E-state index in [1.807, 2.05) is 0 Å². The van der Waals surface area contributed by atoms with Gasteiger partial charge in [-0.2, -0.15) is 0 Å². The first-order chi connectivity index (χ1) is 7.86. The lowest BCUT2D eigenvalue weighted by Crippen LogP contribution is -2.04. The Morgan fingerprint density at radius 1 is 1.41 bits per heavy atom. The average molecular weight is 274 g/mol. The van der Waals surface area contributed by atoms with Gasteiger partial charge in [-0.1, -0.05) is 12.1 Å². The minimum absolute atomic E-state index is 0.000769. The first-order valence-corrected chi connectivity index (χ1v) is 8.05. The van der Waals surface area contributed by atoms with Crippen molar-refractivity contribution in [2.24, 2.45) is 0 Å². The summed E-state index contributed by atoms with van der Waals surface area (Å²) in [6, 6.07) is 4.96. The number of hydrogen-bond donors (Lipinski definition) is 1. The van der Waals surface area contributed by atoms with E-state index in [0.29, 0.717) is 11.3 Å². The standard InChI is InChI=1S/C11H14O4S2/c1-16-11-8(6-7-10(12)13)4-3-5-9(11)17(2,14)15/h3-5H,6-7H2,1-2H3,(H,12,13). The SMILES string of the molecule is CSc1c(CCC(=O)O)cccc1S(C)(=O)=O. The second kappa shape index (κ2) is 5.55. The van der Waals surface area contributed by atoms with Crippen LogP contribution >= 0.6 is 11.8 Å². The number of rotatable bonds is 5. The van der Waals surface area contributed by atoms with Crippen LogP contribution in [0.5, 0.6) is 0 Å². The summed E-state index contributed by atoms with van der Waals surface area (Å²) < 4.78 is 23.1. The van der Waals surface area contributed by atoms with Crippen molar-refractivity contribution in [3.63, 3.8) is 0 Å². The summed E-state index contributed by atoms with van der Waals surface area (Å²) >= 11 is 1.33. The van der Waals surface area contributed by atoms with Crippen LogP contribution in [0, 0.1) is 0 Å². The van der Waals surface area contributed by atoms with Gasteiger partial charge in [-0.25, -0.2) is 8.42 Å². The van der Waals surface area contributed by atoms with Gasteiger partial charge in [0.15, 0.2) is 9.84 Å². The van der Waals surface area contributed by atoms with Gasteiger partial charge in [-0.3, -0.25) is 4.79 Å². The largest absolute Gasteiger partial charge is 0.481 e. The van der Waals surface area contributed by atoms with Gasteiger partial charge >= 0.3 is 5.97 Å². The van der Waals surface area contributed by atoms with Crippen molar-refractivity contribution < 1.29 is 18.3 Å². The molecule has 6 heteroatoms. The molecule has 0 unspecified atom stereocenters. The highest BCUT2D eigenvalue weighted by molar-refractivity contribution is 7.99. The smallest absolute Gasteiger partial charge is 0.303 e. The monoisotopic (exact) mass is 274 g/mol. The lowest BCUT2D eigenvalue weighted by Gasteiger charge is -2.10. The maximum Gasteiger partial charge on any atom is 0.303 e. The first kappa shape index (κ1) is 14.1. The maximum absolute atomic E-state index is 11.6. The van der Waals surface area contributed by atoms with Crippen molar-refractivity contribution in [2.45, 2.75) is 22.6 Å². The van der Waals surface area contributed by atoms with Gasteiger partial charge in [-0.15, -0.1) is 11.8 Å². The van der Waals surface area contributed by atoms with Crippen LogP contribution in [0.4, 0.5) is 0 Å². The van der Waals surface area contributed by atoms with Crippen molar-refractivity contribution >= 4 is 27.6 Å². The zero-order valence-electron chi connectivity index (χ0n) is 9.63. The van der Waals surface area contributed by atoms with E-state index in [1.54, 1.807) is 24.5 Å². The van der Waals surface area contributed by atoms with Gasteiger partial charge in [0.25, 0.3) is 0 Å². The van der Waals surface area contributed by atoms with E-state index in [9.17, 15) is 13.2 Å². The van der Waals surface area contributed by atoms with Crippen molar-refractivity contribution in [2.75, 3.05) is 12.5 Å². The molecule has 0 spiro atoms. The molecule has 0 saturated heterocycles. The highest BCUT2D eigenvalue weighted by atomic mass is 32.2. The molecule has 0 heterocycles. The van der Waals surface area contributed by atoms with E-state index in [4.69, 9.17) is 5.11 Å². The van der Waals surface area contributed by atoms with E-state index >= 15 is 0 Å². The van der Waals surface area contributed by atoms with Gasteiger partial charge in [-0.05, 0) is 24.3 Å². The van der Waals surface area contributed by atoms with Crippen LogP contribution in [-0.2, 0) is 21.1 Å². The predicted molar refractivity (Wildman–Crippen MR) is 67.3 cm³/mol. The summed E-state index contributed by atoms with van der Waals surface area (Å²) in [6.45, 7) is 0. The summed E-state index contributed by atoms with van der Waals surface area (Å²) in [5.74, 6) is -0.887. The number of aliphatic carboxylic acids is 1. The lowest BCUT2D eigenvalue weighted by molar-refractivity contribution is -0.136. The van der Waals surface area contributed by atoms with Gasteiger partial charge in [0, 0.05) is 17.6 Å². The second-order valence-corrected chi connectivity index (χ2v) is 6.42. The third-order valence-corrected chi connectivity index (χ3v) is 4.43. The number of carboxylic acids is 1. The molecule has 0 aliphatic carbocycles. The summed E-state index contributed by atoms with van der Waals surface area (Å²) in [6.07, 6.45) is 3.28. The summed E-state index contributed by atoms with van der Waals surface area (Å²) in [5.41, 5.74) is 0.767. The lowest BCUT2D eigenvalue weighted by atomic mass is 10.1. The fraction of sp³-hybridized carbons (Fsp3) is 0.364. The molecule has 1 rings (SSSR count). The Morgan fingerprint density at radius 2 is 2.06 bits per heavy atom.